The molecule has 128 valence electrons. The summed E-state index contributed by atoms with van der Waals surface area (Å²) in [7, 11) is 0. The Bertz CT molecular complexity index is 549. The number of aryl methyl sites for hydroxylation is 1. The maximum Gasteiger partial charge on any atom is 0.254 e. The Morgan fingerprint density at radius 2 is 1.87 bits per heavy atom. The second kappa shape index (κ2) is 7.34. The molecule has 1 amide bonds. The van der Waals surface area contributed by atoms with Gasteiger partial charge in [0.15, 0.2) is 0 Å². The Morgan fingerprint density at radius 3 is 2.43 bits per heavy atom. The molecule has 0 atom stereocenters. The molecule has 1 saturated heterocycles. The van der Waals surface area contributed by atoms with Crippen LogP contribution >= 0.6 is 0 Å². The van der Waals surface area contributed by atoms with Crippen molar-refractivity contribution in [3.8, 4) is 0 Å². The Hall–Kier alpha value is -1.56. The molecule has 0 spiro atoms. The second-order valence-electron chi connectivity index (χ2n) is 6.27. The van der Waals surface area contributed by atoms with Crippen LogP contribution in [0.4, 0.5) is 13.2 Å². The van der Waals surface area contributed by atoms with Gasteiger partial charge in [-0.25, -0.2) is 13.2 Å². The Kier molecular flexibility index (Phi) is 5.68. The van der Waals surface area contributed by atoms with Crippen molar-refractivity contribution in [2.75, 3.05) is 32.7 Å². The van der Waals surface area contributed by atoms with Crippen LogP contribution in [-0.2, 0) is 0 Å². The number of carbonyl (C=O) groups excluding carboxylic acids is 1. The van der Waals surface area contributed by atoms with E-state index >= 15 is 0 Å². The van der Waals surface area contributed by atoms with E-state index in [1.54, 1.807) is 24.0 Å². The summed E-state index contributed by atoms with van der Waals surface area (Å²) < 4.78 is 39.1. The van der Waals surface area contributed by atoms with Crippen molar-refractivity contribution < 1.29 is 18.0 Å². The van der Waals surface area contributed by atoms with Crippen LogP contribution in [0.3, 0.4) is 0 Å². The highest BCUT2D eigenvalue weighted by Crippen LogP contribution is 2.19. The molecular formula is C17H23F3N2O. The Labute approximate surface area is 135 Å². The number of nitrogens with zero attached hydrogens (tertiary/aromatic N) is 2. The van der Waals surface area contributed by atoms with Crippen molar-refractivity contribution in [3.63, 3.8) is 0 Å². The van der Waals surface area contributed by atoms with Gasteiger partial charge in [0, 0.05) is 38.2 Å². The minimum atomic E-state index is -2.62. The molecule has 0 bridgehead atoms. The van der Waals surface area contributed by atoms with Crippen molar-refractivity contribution in [1.82, 2.24) is 9.80 Å². The van der Waals surface area contributed by atoms with Crippen molar-refractivity contribution in [3.05, 3.63) is 35.1 Å². The molecule has 1 aromatic rings. The van der Waals surface area contributed by atoms with Crippen LogP contribution in [0.25, 0.3) is 0 Å². The highest BCUT2D eigenvalue weighted by atomic mass is 19.3. The number of amides is 1. The summed E-state index contributed by atoms with van der Waals surface area (Å²) >= 11 is 0. The highest BCUT2D eigenvalue weighted by molar-refractivity contribution is 5.94. The molecule has 0 aromatic heterocycles. The molecule has 3 nitrogen and oxygen atoms in total. The predicted molar refractivity (Wildman–Crippen MR) is 83.3 cm³/mol. The van der Waals surface area contributed by atoms with Crippen LogP contribution in [0.2, 0.25) is 0 Å². The maximum atomic E-state index is 13.6. The summed E-state index contributed by atoms with van der Waals surface area (Å²) in [5, 5.41) is 0. The zero-order valence-corrected chi connectivity index (χ0v) is 13.6. The monoisotopic (exact) mass is 328 g/mol. The number of hydrogen-bond acceptors (Lipinski definition) is 2. The van der Waals surface area contributed by atoms with E-state index in [9.17, 15) is 18.0 Å². The molecule has 2 rings (SSSR count). The van der Waals surface area contributed by atoms with E-state index in [0.717, 1.165) is 6.92 Å². The molecule has 0 N–H and O–H groups in total. The van der Waals surface area contributed by atoms with E-state index < -0.39 is 5.92 Å². The van der Waals surface area contributed by atoms with Crippen LogP contribution in [0.5, 0.6) is 0 Å². The Morgan fingerprint density at radius 1 is 1.22 bits per heavy atom. The summed E-state index contributed by atoms with van der Waals surface area (Å²) in [6.45, 7) is 5.61. The number of piperazine rings is 1. The maximum absolute atomic E-state index is 13.6. The van der Waals surface area contributed by atoms with Gasteiger partial charge in [-0.1, -0.05) is 6.07 Å². The molecule has 0 aliphatic carbocycles. The van der Waals surface area contributed by atoms with Gasteiger partial charge in [-0.3, -0.25) is 9.69 Å². The van der Waals surface area contributed by atoms with Gasteiger partial charge in [-0.15, -0.1) is 0 Å². The highest BCUT2D eigenvalue weighted by Gasteiger charge is 2.24. The van der Waals surface area contributed by atoms with Crippen LogP contribution < -0.4 is 0 Å². The second-order valence-corrected chi connectivity index (χ2v) is 6.27. The standard InChI is InChI=1S/C17H23F3N2O/c1-13-4-5-14(12-15(13)18)16(23)22-10-8-21(9-11-22)7-3-6-17(2,19)20/h4-5,12H,3,6-11H2,1-2H3. The molecule has 0 radical (unpaired) electrons. The van der Waals surface area contributed by atoms with Gasteiger partial charge in [0.05, 0.1) is 0 Å². The number of benzene rings is 1. The van der Waals surface area contributed by atoms with Crippen molar-refractivity contribution in [2.45, 2.75) is 32.6 Å². The zero-order valence-electron chi connectivity index (χ0n) is 13.6. The van der Waals surface area contributed by atoms with E-state index in [1.165, 1.54) is 6.07 Å². The number of rotatable bonds is 5. The van der Waals surface area contributed by atoms with E-state index in [2.05, 4.69) is 4.90 Å². The number of carbonyl (C=O) groups is 1. The third-order valence-corrected chi connectivity index (χ3v) is 4.17. The van der Waals surface area contributed by atoms with Gasteiger partial charge in [0.25, 0.3) is 5.91 Å². The van der Waals surface area contributed by atoms with Crippen molar-refractivity contribution >= 4 is 5.91 Å². The van der Waals surface area contributed by atoms with Crippen LogP contribution in [-0.4, -0.2) is 54.4 Å². The molecule has 0 unspecified atom stereocenters. The fourth-order valence-corrected chi connectivity index (χ4v) is 2.70. The molecule has 6 heteroatoms. The topological polar surface area (TPSA) is 23.6 Å². The molecule has 1 heterocycles. The van der Waals surface area contributed by atoms with E-state index in [0.29, 0.717) is 50.3 Å². The lowest BCUT2D eigenvalue weighted by molar-refractivity contribution is 0.00723. The van der Waals surface area contributed by atoms with Gasteiger partial charge >= 0.3 is 0 Å². The average Bonchev–Trinajstić information content (AvgIpc) is 2.49. The summed E-state index contributed by atoms with van der Waals surface area (Å²) in [5.41, 5.74) is 0.867. The van der Waals surface area contributed by atoms with Gasteiger partial charge in [0.1, 0.15) is 5.82 Å². The van der Waals surface area contributed by atoms with Gasteiger partial charge in [-0.2, -0.15) is 0 Å². The first kappa shape index (κ1) is 17.8. The molecule has 1 fully saturated rings. The average molecular weight is 328 g/mol. The van der Waals surface area contributed by atoms with Crippen molar-refractivity contribution in [1.29, 1.82) is 0 Å². The van der Waals surface area contributed by atoms with E-state index in [-0.39, 0.29) is 18.1 Å². The summed E-state index contributed by atoms with van der Waals surface area (Å²) in [5.74, 6) is -3.17. The minimum Gasteiger partial charge on any atom is -0.336 e. The van der Waals surface area contributed by atoms with E-state index in [1.807, 2.05) is 0 Å². The minimum absolute atomic E-state index is 0.116. The Balaban J connectivity index is 1.81. The molecule has 1 aromatic carbocycles. The molecular weight excluding hydrogens is 305 g/mol. The fourth-order valence-electron chi connectivity index (χ4n) is 2.70. The predicted octanol–water partition coefficient (Wildman–Crippen LogP) is 3.33. The molecule has 1 aliphatic heterocycles. The normalized spacial score (nSPS) is 16.7. The number of alkyl halides is 2. The lowest BCUT2D eigenvalue weighted by atomic mass is 10.1. The first-order valence-electron chi connectivity index (χ1n) is 7.92. The molecule has 0 saturated carbocycles. The van der Waals surface area contributed by atoms with Crippen LogP contribution in [0, 0.1) is 12.7 Å². The molecule has 23 heavy (non-hydrogen) atoms. The summed E-state index contributed by atoms with van der Waals surface area (Å²) in [4.78, 5) is 16.1. The van der Waals surface area contributed by atoms with E-state index in [4.69, 9.17) is 0 Å². The van der Waals surface area contributed by atoms with Gasteiger partial charge in [0.2, 0.25) is 5.92 Å². The SMILES string of the molecule is Cc1ccc(C(=O)N2CCN(CCCC(C)(F)F)CC2)cc1F. The fraction of sp³-hybridized carbons (Fsp3) is 0.588. The number of hydrogen-bond donors (Lipinski definition) is 0. The third-order valence-electron chi connectivity index (χ3n) is 4.17. The smallest absolute Gasteiger partial charge is 0.254 e. The van der Waals surface area contributed by atoms with Crippen LogP contribution in [0.1, 0.15) is 35.7 Å². The van der Waals surface area contributed by atoms with Crippen molar-refractivity contribution in [2.24, 2.45) is 0 Å². The summed E-state index contributed by atoms with van der Waals surface area (Å²) in [6, 6.07) is 4.51. The first-order chi connectivity index (χ1) is 10.8. The van der Waals surface area contributed by atoms with Gasteiger partial charge < -0.3 is 4.90 Å². The lowest BCUT2D eigenvalue weighted by Crippen LogP contribution is -2.48. The summed E-state index contributed by atoms with van der Waals surface area (Å²) in [6.07, 6.45) is 0.329. The molecule has 1 aliphatic rings. The third kappa shape index (κ3) is 5.23. The van der Waals surface area contributed by atoms with Crippen LogP contribution in [0.15, 0.2) is 18.2 Å². The lowest BCUT2D eigenvalue weighted by Gasteiger charge is -2.35. The zero-order chi connectivity index (χ0) is 17.0. The largest absolute Gasteiger partial charge is 0.336 e. The quantitative estimate of drug-likeness (QED) is 0.828. The number of halogens is 3. The van der Waals surface area contributed by atoms with Gasteiger partial charge in [-0.05, 0) is 44.5 Å². The first-order valence-corrected chi connectivity index (χ1v) is 7.92.